The maximum atomic E-state index is 14.2. The molecule has 3 aliphatic rings. The summed E-state index contributed by atoms with van der Waals surface area (Å²) in [7, 11) is 3.24. The molecule has 2 aliphatic heterocycles. The second-order valence-corrected chi connectivity index (χ2v) is 13.8. The molecule has 2 bridgehead atoms. The van der Waals surface area contributed by atoms with E-state index in [0.717, 1.165) is 49.6 Å². The lowest BCUT2D eigenvalue weighted by Gasteiger charge is -2.34. The Hall–Kier alpha value is -3.27. The van der Waals surface area contributed by atoms with E-state index in [1.165, 1.54) is 0 Å². The van der Waals surface area contributed by atoms with Gasteiger partial charge >= 0.3 is 5.97 Å². The number of carbonyl (C=O) groups excluding carboxylic acids is 3. The van der Waals surface area contributed by atoms with Crippen LogP contribution in [-0.2, 0) is 30.3 Å². The summed E-state index contributed by atoms with van der Waals surface area (Å²) in [4.78, 5) is 51.6. The van der Waals surface area contributed by atoms with Gasteiger partial charge in [0.25, 0.3) is 0 Å². The van der Waals surface area contributed by atoms with Gasteiger partial charge in [0.2, 0.25) is 11.8 Å². The lowest BCUT2D eigenvalue weighted by molar-refractivity contribution is -0.161. The first-order chi connectivity index (χ1) is 21.0. The molecular formula is C34H47N3O7. The SMILES string of the molecule is CC[C@@H]1[C@@H]2CN(C(=O)[C@H](C(C)(C)C)CC(=O)O[C@]3(COC)C[C@H]3CCCCCc3nc4ccc(OC)cc4nc3O2)[C@@H]1C=O. The second-order valence-electron chi connectivity index (χ2n) is 13.8. The standard InChI is InChI=1S/C34H47N3O7/c1-7-23-28(19-38)37-18-29(23)43-31-26(35-25-14-13-22(42-6)15-27(25)36-31)12-10-8-9-11-21-17-34(21,20-41-5)44-30(39)16-24(32(37)40)33(2,3)4/h13-15,19,21,23-24,28-29H,7-12,16-18,20H2,1-6H3/t21-,23+,24-,28-,29+,34+/m1/s1. The molecule has 1 saturated carbocycles. The van der Waals surface area contributed by atoms with Gasteiger partial charge in [-0.1, -0.05) is 40.5 Å². The molecule has 3 heterocycles. The van der Waals surface area contributed by atoms with Crippen molar-refractivity contribution in [1.29, 1.82) is 0 Å². The molecule has 6 atom stereocenters. The van der Waals surface area contributed by atoms with Gasteiger partial charge in [0.15, 0.2) is 0 Å². The maximum Gasteiger partial charge on any atom is 0.307 e. The fraction of sp³-hybridized carbons (Fsp3) is 0.676. The quantitative estimate of drug-likeness (QED) is 0.343. The zero-order valence-corrected chi connectivity index (χ0v) is 27.0. The molecule has 2 fully saturated rings. The van der Waals surface area contributed by atoms with Gasteiger partial charge in [-0.3, -0.25) is 9.59 Å². The fourth-order valence-electron chi connectivity index (χ4n) is 7.08. The Morgan fingerprint density at radius 1 is 1.11 bits per heavy atom. The monoisotopic (exact) mass is 609 g/mol. The number of carbonyl (C=O) groups is 3. The molecule has 1 amide bonds. The van der Waals surface area contributed by atoms with Crippen molar-refractivity contribution in [2.45, 2.75) is 96.8 Å². The Morgan fingerprint density at radius 3 is 2.59 bits per heavy atom. The number of methoxy groups -OCH3 is 2. The summed E-state index contributed by atoms with van der Waals surface area (Å²) in [6, 6.07) is 4.93. The van der Waals surface area contributed by atoms with Gasteiger partial charge in [-0.05, 0) is 49.7 Å². The van der Waals surface area contributed by atoms with Crippen molar-refractivity contribution < 1.29 is 33.3 Å². The minimum atomic E-state index is -0.676. The average molecular weight is 610 g/mol. The second kappa shape index (κ2) is 13.0. The van der Waals surface area contributed by atoms with Crippen LogP contribution in [0.25, 0.3) is 11.0 Å². The number of ether oxygens (including phenoxy) is 4. The predicted molar refractivity (Wildman–Crippen MR) is 164 cm³/mol. The van der Waals surface area contributed by atoms with E-state index in [9.17, 15) is 14.4 Å². The lowest BCUT2D eigenvalue weighted by Crippen LogP contribution is -2.46. The fourth-order valence-corrected chi connectivity index (χ4v) is 7.08. The Bertz CT molecular complexity index is 1370. The van der Waals surface area contributed by atoms with Crippen LogP contribution in [0.2, 0.25) is 0 Å². The number of benzene rings is 1. The highest BCUT2D eigenvalue weighted by atomic mass is 16.6. The van der Waals surface area contributed by atoms with Gasteiger partial charge in [-0.25, -0.2) is 9.97 Å². The molecular weight excluding hydrogens is 562 g/mol. The van der Waals surface area contributed by atoms with Crippen LogP contribution in [-0.4, -0.2) is 78.1 Å². The van der Waals surface area contributed by atoms with E-state index < -0.39 is 35.0 Å². The number of esters is 1. The smallest absolute Gasteiger partial charge is 0.307 e. The number of hydrogen-bond acceptors (Lipinski definition) is 9. The van der Waals surface area contributed by atoms with Crippen molar-refractivity contribution in [2.24, 2.45) is 23.2 Å². The molecule has 0 unspecified atom stereocenters. The maximum absolute atomic E-state index is 14.2. The lowest BCUT2D eigenvalue weighted by atomic mass is 9.77. The van der Waals surface area contributed by atoms with Crippen LogP contribution in [0.4, 0.5) is 0 Å². The molecule has 1 saturated heterocycles. The molecule has 10 heteroatoms. The minimum Gasteiger partial charge on any atom is -0.497 e. The molecule has 1 aromatic carbocycles. The first-order valence-electron chi connectivity index (χ1n) is 16.0. The van der Waals surface area contributed by atoms with E-state index in [4.69, 9.17) is 28.9 Å². The van der Waals surface area contributed by atoms with Crippen LogP contribution in [0.1, 0.15) is 78.3 Å². The number of hydrogen-bond donors (Lipinski definition) is 0. The summed E-state index contributed by atoms with van der Waals surface area (Å²) < 4.78 is 23.6. The van der Waals surface area contributed by atoms with E-state index in [-0.39, 0.29) is 30.7 Å². The summed E-state index contributed by atoms with van der Waals surface area (Å²) in [6.45, 7) is 8.40. The van der Waals surface area contributed by atoms with Gasteiger partial charge < -0.3 is 28.6 Å². The third kappa shape index (κ3) is 6.55. The van der Waals surface area contributed by atoms with E-state index in [1.54, 1.807) is 19.1 Å². The summed E-state index contributed by atoms with van der Waals surface area (Å²) in [5, 5.41) is 0. The largest absolute Gasteiger partial charge is 0.497 e. The highest BCUT2D eigenvalue weighted by Crippen LogP contribution is 2.51. The van der Waals surface area contributed by atoms with Crippen molar-refractivity contribution in [2.75, 3.05) is 27.4 Å². The number of amides is 1. The number of aryl methyl sites for hydroxylation is 1. The first-order valence-corrected chi connectivity index (χ1v) is 16.0. The molecule has 2 aromatic rings. The molecule has 240 valence electrons. The van der Waals surface area contributed by atoms with E-state index in [2.05, 4.69) is 0 Å². The Balaban J connectivity index is 1.52. The van der Waals surface area contributed by atoms with Crippen molar-refractivity contribution in [1.82, 2.24) is 14.9 Å². The highest BCUT2D eigenvalue weighted by Gasteiger charge is 2.58. The topological polar surface area (TPSA) is 117 Å². The third-order valence-corrected chi connectivity index (χ3v) is 9.78. The van der Waals surface area contributed by atoms with Crippen LogP contribution in [0.5, 0.6) is 11.6 Å². The zero-order valence-electron chi connectivity index (χ0n) is 27.0. The van der Waals surface area contributed by atoms with Crippen molar-refractivity contribution in [3.63, 3.8) is 0 Å². The van der Waals surface area contributed by atoms with Crippen molar-refractivity contribution in [3.8, 4) is 11.6 Å². The summed E-state index contributed by atoms with van der Waals surface area (Å²) in [6.07, 6.45) is 6.19. The van der Waals surface area contributed by atoms with E-state index in [1.807, 2.05) is 45.9 Å². The Kier molecular flexibility index (Phi) is 9.49. The molecule has 0 radical (unpaired) electrons. The number of aldehydes is 1. The number of nitrogens with zero attached hydrogens (tertiary/aromatic N) is 3. The normalized spacial score (nSPS) is 30.0. The molecule has 10 nitrogen and oxygen atoms in total. The van der Waals surface area contributed by atoms with Crippen LogP contribution in [0, 0.1) is 23.2 Å². The van der Waals surface area contributed by atoms with Crippen LogP contribution in [0.15, 0.2) is 18.2 Å². The zero-order chi connectivity index (χ0) is 31.6. The van der Waals surface area contributed by atoms with Gasteiger partial charge in [-0.2, -0.15) is 0 Å². The number of rotatable bonds is 5. The third-order valence-electron chi connectivity index (χ3n) is 9.78. The summed E-state index contributed by atoms with van der Waals surface area (Å²) >= 11 is 0. The molecule has 1 aromatic heterocycles. The van der Waals surface area contributed by atoms with Crippen molar-refractivity contribution in [3.05, 3.63) is 23.9 Å². The van der Waals surface area contributed by atoms with Gasteiger partial charge in [-0.15, -0.1) is 0 Å². The average Bonchev–Trinajstić information content (AvgIpc) is 3.52. The molecule has 0 spiro atoms. The predicted octanol–water partition coefficient (Wildman–Crippen LogP) is 4.94. The van der Waals surface area contributed by atoms with Crippen LogP contribution in [0.3, 0.4) is 0 Å². The van der Waals surface area contributed by atoms with Gasteiger partial charge in [0.1, 0.15) is 29.4 Å². The molecule has 44 heavy (non-hydrogen) atoms. The summed E-state index contributed by atoms with van der Waals surface area (Å²) in [5.41, 5.74) is 1.01. The first kappa shape index (κ1) is 32.1. The van der Waals surface area contributed by atoms with Gasteiger partial charge in [0, 0.05) is 25.0 Å². The Morgan fingerprint density at radius 2 is 1.91 bits per heavy atom. The summed E-state index contributed by atoms with van der Waals surface area (Å²) in [5.74, 6) is -0.202. The van der Waals surface area contributed by atoms with Crippen LogP contribution < -0.4 is 9.47 Å². The van der Waals surface area contributed by atoms with Crippen LogP contribution >= 0.6 is 0 Å². The molecule has 0 N–H and O–H groups in total. The highest BCUT2D eigenvalue weighted by molar-refractivity contribution is 5.87. The molecule has 5 rings (SSSR count). The van der Waals surface area contributed by atoms with Gasteiger partial charge in [0.05, 0.1) is 49.7 Å². The number of fused-ring (bicyclic) bond motifs is 5. The van der Waals surface area contributed by atoms with Crippen molar-refractivity contribution >= 4 is 29.2 Å². The van der Waals surface area contributed by atoms with E-state index in [0.29, 0.717) is 36.6 Å². The molecule has 1 aliphatic carbocycles. The minimum absolute atomic E-state index is 0.0625. The van der Waals surface area contributed by atoms with E-state index >= 15 is 0 Å². The number of aromatic nitrogens is 2. The Labute approximate surface area is 260 Å².